The van der Waals surface area contributed by atoms with E-state index in [2.05, 4.69) is 34.6 Å². The van der Waals surface area contributed by atoms with Gasteiger partial charge in [-0.05, 0) is 43.5 Å². The Hall–Kier alpha value is -1.41. The van der Waals surface area contributed by atoms with Crippen LogP contribution in [-0.4, -0.2) is 18.1 Å². The lowest BCUT2D eigenvalue weighted by atomic mass is 9.89. The van der Waals surface area contributed by atoms with Gasteiger partial charge in [0.25, 0.3) is 0 Å². The summed E-state index contributed by atoms with van der Waals surface area (Å²) in [7, 11) is 0. The lowest BCUT2D eigenvalue weighted by Crippen LogP contribution is -2.26. The molecule has 1 aliphatic heterocycles. The van der Waals surface area contributed by atoms with Gasteiger partial charge in [-0.2, -0.15) is 0 Å². The lowest BCUT2D eigenvalue weighted by molar-refractivity contribution is 0.462. The molecule has 0 saturated carbocycles. The molecule has 1 aromatic heterocycles. The molecule has 2 aromatic rings. The van der Waals surface area contributed by atoms with Crippen molar-refractivity contribution in [1.29, 1.82) is 0 Å². The van der Waals surface area contributed by atoms with Crippen molar-refractivity contribution < 1.29 is 0 Å². The zero-order chi connectivity index (χ0) is 10.8. The summed E-state index contributed by atoms with van der Waals surface area (Å²) in [6.45, 7) is 2.27. The highest BCUT2D eigenvalue weighted by Gasteiger charge is 2.17. The summed E-state index contributed by atoms with van der Waals surface area (Å²) in [5, 5.41) is 4.67. The van der Waals surface area contributed by atoms with Crippen LogP contribution in [0.5, 0.6) is 0 Å². The van der Waals surface area contributed by atoms with Gasteiger partial charge in [-0.1, -0.05) is 24.3 Å². The molecule has 0 spiro atoms. The van der Waals surface area contributed by atoms with Gasteiger partial charge in [-0.3, -0.25) is 4.98 Å². The topological polar surface area (TPSA) is 24.9 Å². The summed E-state index contributed by atoms with van der Waals surface area (Å²) >= 11 is 0. The fraction of sp³-hybridized carbons (Fsp3) is 0.357. The second kappa shape index (κ2) is 4.22. The van der Waals surface area contributed by atoms with E-state index >= 15 is 0 Å². The Bertz CT molecular complexity index is 482. The van der Waals surface area contributed by atoms with Crippen molar-refractivity contribution in [3.63, 3.8) is 0 Å². The summed E-state index contributed by atoms with van der Waals surface area (Å²) in [5.41, 5.74) is 2.62. The van der Waals surface area contributed by atoms with E-state index in [4.69, 9.17) is 0 Å². The number of piperidine rings is 1. The molecule has 0 atom stereocenters. The first-order chi connectivity index (χ1) is 7.95. The van der Waals surface area contributed by atoms with Crippen LogP contribution in [0.3, 0.4) is 0 Å². The van der Waals surface area contributed by atoms with Crippen LogP contribution in [0.2, 0.25) is 0 Å². The van der Waals surface area contributed by atoms with Crippen molar-refractivity contribution in [1.82, 2.24) is 10.3 Å². The molecule has 1 aliphatic rings. The molecule has 1 N–H and O–H groups in total. The Labute approximate surface area is 95.7 Å². The maximum absolute atomic E-state index is 4.54. The minimum absolute atomic E-state index is 0.680. The SMILES string of the molecule is c1cnc2c(C3CCNCC3)cccc2c1. The third-order valence-electron chi connectivity index (χ3n) is 3.44. The van der Waals surface area contributed by atoms with Crippen LogP contribution in [0.15, 0.2) is 36.5 Å². The number of nitrogens with one attached hydrogen (secondary N) is 1. The van der Waals surface area contributed by atoms with E-state index in [0.29, 0.717) is 5.92 Å². The van der Waals surface area contributed by atoms with Gasteiger partial charge in [-0.25, -0.2) is 0 Å². The number of benzene rings is 1. The minimum Gasteiger partial charge on any atom is -0.317 e. The molecule has 0 radical (unpaired) electrons. The molecular weight excluding hydrogens is 196 g/mol. The molecule has 0 aliphatic carbocycles. The molecule has 0 amide bonds. The van der Waals surface area contributed by atoms with Crippen molar-refractivity contribution in [2.24, 2.45) is 0 Å². The monoisotopic (exact) mass is 212 g/mol. The van der Waals surface area contributed by atoms with Crippen LogP contribution in [-0.2, 0) is 0 Å². The van der Waals surface area contributed by atoms with Gasteiger partial charge < -0.3 is 5.32 Å². The number of hydrogen-bond acceptors (Lipinski definition) is 2. The molecule has 0 unspecified atom stereocenters. The summed E-state index contributed by atoms with van der Waals surface area (Å²) in [4.78, 5) is 4.54. The van der Waals surface area contributed by atoms with Crippen LogP contribution in [0.1, 0.15) is 24.3 Å². The fourth-order valence-corrected chi connectivity index (χ4v) is 2.59. The molecule has 2 nitrogen and oxygen atoms in total. The van der Waals surface area contributed by atoms with Crippen molar-refractivity contribution in [2.45, 2.75) is 18.8 Å². The van der Waals surface area contributed by atoms with Gasteiger partial charge in [-0.15, -0.1) is 0 Å². The van der Waals surface area contributed by atoms with Gasteiger partial charge >= 0.3 is 0 Å². The predicted octanol–water partition coefficient (Wildman–Crippen LogP) is 2.70. The van der Waals surface area contributed by atoms with Gasteiger partial charge in [0, 0.05) is 11.6 Å². The molecule has 0 bridgehead atoms. The second-order valence-corrected chi connectivity index (χ2v) is 4.45. The van der Waals surface area contributed by atoms with Gasteiger partial charge in [0.05, 0.1) is 5.52 Å². The number of pyridine rings is 1. The van der Waals surface area contributed by atoms with Crippen LogP contribution in [0, 0.1) is 0 Å². The maximum atomic E-state index is 4.54. The average molecular weight is 212 g/mol. The van der Waals surface area contributed by atoms with Gasteiger partial charge in [0.1, 0.15) is 0 Å². The van der Waals surface area contributed by atoms with E-state index in [0.717, 1.165) is 13.1 Å². The molecule has 1 fully saturated rings. The molecule has 82 valence electrons. The Morgan fingerprint density at radius 3 is 2.75 bits per heavy atom. The third kappa shape index (κ3) is 1.69. The van der Waals surface area contributed by atoms with Crippen LogP contribution < -0.4 is 5.32 Å². The quantitative estimate of drug-likeness (QED) is 0.786. The van der Waals surface area contributed by atoms with E-state index < -0.39 is 0 Å². The Morgan fingerprint density at radius 1 is 1.06 bits per heavy atom. The number of nitrogens with zero attached hydrogens (tertiary/aromatic N) is 1. The van der Waals surface area contributed by atoms with E-state index in [9.17, 15) is 0 Å². The highest BCUT2D eigenvalue weighted by atomic mass is 14.9. The molecule has 3 rings (SSSR count). The number of para-hydroxylation sites is 1. The molecule has 1 saturated heterocycles. The first-order valence-corrected chi connectivity index (χ1v) is 5.99. The Kier molecular flexibility index (Phi) is 2.58. The lowest BCUT2D eigenvalue weighted by Gasteiger charge is -2.23. The predicted molar refractivity (Wildman–Crippen MR) is 66.6 cm³/mol. The van der Waals surface area contributed by atoms with Crippen LogP contribution in [0.25, 0.3) is 10.9 Å². The van der Waals surface area contributed by atoms with E-state index in [-0.39, 0.29) is 0 Å². The Balaban J connectivity index is 2.08. The van der Waals surface area contributed by atoms with Gasteiger partial charge in [0.15, 0.2) is 0 Å². The zero-order valence-electron chi connectivity index (χ0n) is 9.32. The molecule has 2 heteroatoms. The van der Waals surface area contributed by atoms with Crippen molar-refractivity contribution in [3.8, 4) is 0 Å². The summed E-state index contributed by atoms with van der Waals surface area (Å²) in [6.07, 6.45) is 4.36. The van der Waals surface area contributed by atoms with Crippen molar-refractivity contribution >= 4 is 10.9 Å². The van der Waals surface area contributed by atoms with E-state index in [1.54, 1.807) is 0 Å². The number of rotatable bonds is 1. The molecule has 2 heterocycles. The molecule has 1 aromatic carbocycles. The first kappa shape index (κ1) is 9.79. The third-order valence-corrected chi connectivity index (χ3v) is 3.44. The number of aromatic nitrogens is 1. The van der Waals surface area contributed by atoms with E-state index in [1.807, 2.05) is 12.3 Å². The molecular formula is C14H16N2. The summed E-state index contributed by atoms with van der Waals surface area (Å²) in [6, 6.07) is 10.7. The van der Waals surface area contributed by atoms with E-state index in [1.165, 1.54) is 29.3 Å². The Morgan fingerprint density at radius 2 is 1.88 bits per heavy atom. The minimum atomic E-state index is 0.680. The normalized spacial score (nSPS) is 17.8. The van der Waals surface area contributed by atoms with Crippen molar-refractivity contribution in [3.05, 3.63) is 42.1 Å². The standard InChI is InChI=1S/C14H16N2/c1-3-12-4-2-8-16-14(12)13(5-1)11-6-9-15-10-7-11/h1-5,8,11,15H,6-7,9-10H2. The highest BCUT2D eigenvalue weighted by Crippen LogP contribution is 2.29. The second-order valence-electron chi connectivity index (χ2n) is 4.45. The smallest absolute Gasteiger partial charge is 0.0736 e. The maximum Gasteiger partial charge on any atom is 0.0736 e. The van der Waals surface area contributed by atoms with Crippen molar-refractivity contribution in [2.75, 3.05) is 13.1 Å². The first-order valence-electron chi connectivity index (χ1n) is 5.99. The number of fused-ring (bicyclic) bond motifs is 1. The fourth-order valence-electron chi connectivity index (χ4n) is 2.59. The summed E-state index contributed by atoms with van der Waals surface area (Å²) < 4.78 is 0. The molecule has 16 heavy (non-hydrogen) atoms. The zero-order valence-corrected chi connectivity index (χ0v) is 9.32. The van der Waals surface area contributed by atoms with Crippen LogP contribution >= 0.6 is 0 Å². The average Bonchev–Trinajstić information content (AvgIpc) is 2.39. The largest absolute Gasteiger partial charge is 0.317 e. The van der Waals surface area contributed by atoms with Crippen LogP contribution in [0.4, 0.5) is 0 Å². The summed E-state index contributed by atoms with van der Waals surface area (Å²) in [5.74, 6) is 0.680. The number of hydrogen-bond donors (Lipinski definition) is 1. The highest BCUT2D eigenvalue weighted by molar-refractivity contribution is 5.82. The van der Waals surface area contributed by atoms with Gasteiger partial charge in [0.2, 0.25) is 0 Å².